The van der Waals surface area contributed by atoms with Crippen molar-refractivity contribution in [3.8, 4) is 11.1 Å². The summed E-state index contributed by atoms with van der Waals surface area (Å²) in [5.41, 5.74) is 2.97. The standard InChI is InChI=1S/C22H17IN2O4S/c23-18-5-7-19(8-6-18)30(28,29)25-14-17(4-10-22(26)27)20-12-15(3-9-21(20)25)16-2-1-11-24-13-16/h1-3,5-9,11-14H,4,10H2,(H,26,27). The van der Waals surface area contributed by atoms with E-state index in [0.29, 0.717) is 16.5 Å². The lowest BCUT2D eigenvalue weighted by Crippen LogP contribution is -2.11. The SMILES string of the molecule is O=C(O)CCc1cn(S(=O)(=O)c2ccc(I)cc2)c2ccc(-c3cccnc3)cc12. The number of nitrogens with zero attached hydrogens (tertiary/aromatic N) is 2. The Labute approximate surface area is 187 Å². The van der Waals surface area contributed by atoms with Gasteiger partial charge in [0.15, 0.2) is 0 Å². The van der Waals surface area contributed by atoms with Crippen LogP contribution in [0.1, 0.15) is 12.0 Å². The van der Waals surface area contributed by atoms with Gasteiger partial charge < -0.3 is 5.11 Å². The van der Waals surface area contributed by atoms with Gasteiger partial charge in [0.2, 0.25) is 0 Å². The molecular formula is C22H17IN2O4S. The number of rotatable bonds is 6. The van der Waals surface area contributed by atoms with Crippen molar-refractivity contribution < 1.29 is 18.3 Å². The topological polar surface area (TPSA) is 89.3 Å². The van der Waals surface area contributed by atoms with Crippen LogP contribution in [0.2, 0.25) is 0 Å². The number of pyridine rings is 1. The van der Waals surface area contributed by atoms with Crippen molar-refractivity contribution >= 4 is 49.5 Å². The second-order valence-corrected chi connectivity index (χ2v) is 9.84. The number of carbonyl (C=O) groups is 1. The van der Waals surface area contributed by atoms with E-state index in [1.165, 1.54) is 10.2 Å². The molecule has 4 aromatic rings. The smallest absolute Gasteiger partial charge is 0.303 e. The number of carboxylic acids is 1. The number of aromatic nitrogens is 2. The minimum Gasteiger partial charge on any atom is -0.481 e. The first kappa shape index (κ1) is 20.5. The van der Waals surface area contributed by atoms with Gasteiger partial charge in [-0.3, -0.25) is 9.78 Å². The highest BCUT2D eigenvalue weighted by Crippen LogP contribution is 2.31. The maximum Gasteiger partial charge on any atom is 0.303 e. The molecule has 6 nitrogen and oxygen atoms in total. The molecule has 0 unspecified atom stereocenters. The highest BCUT2D eigenvalue weighted by Gasteiger charge is 2.22. The molecule has 0 atom stereocenters. The summed E-state index contributed by atoms with van der Waals surface area (Å²) in [5.74, 6) is -0.931. The molecule has 0 spiro atoms. The summed E-state index contributed by atoms with van der Waals surface area (Å²) in [4.78, 5) is 15.4. The van der Waals surface area contributed by atoms with E-state index in [9.17, 15) is 13.2 Å². The van der Waals surface area contributed by atoms with Crippen LogP contribution in [-0.2, 0) is 21.2 Å². The summed E-state index contributed by atoms with van der Waals surface area (Å²) in [6.07, 6.45) is 5.10. The Bertz CT molecular complexity index is 1330. The monoisotopic (exact) mass is 532 g/mol. The van der Waals surface area contributed by atoms with Crippen LogP contribution in [0.3, 0.4) is 0 Å². The van der Waals surface area contributed by atoms with Crippen molar-refractivity contribution in [2.75, 3.05) is 0 Å². The van der Waals surface area contributed by atoms with E-state index >= 15 is 0 Å². The van der Waals surface area contributed by atoms with Crippen LogP contribution >= 0.6 is 22.6 Å². The minimum absolute atomic E-state index is 0.0835. The molecule has 0 saturated carbocycles. The van der Waals surface area contributed by atoms with Crippen LogP contribution in [0.4, 0.5) is 0 Å². The fraction of sp³-hybridized carbons (Fsp3) is 0.0909. The van der Waals surface area contributed by atoms with Crippen molar-refractivity contribution in [2.45, 2.75) is 17.7 Å². The van der Waals surface area contributed by atoms with E-state index in [0.717, 1.165) is 14.7 Å². The van der Waals surface area contributed by atoms with Gasteiger partial charge in [0.25, 0.3) is 10.0 Å². The molecule has 0 aliphatic rings. The molecule has 2 heterocycles. The third-order valence-corrected chi connectivity index (χ3v) is 7.23. The van der Waals surface area contributed by atoms with Crippen molar-refractivity contribution in [3.63, 3.8) is 0 Å². The maximum atomic E-state index is 13.3. The Hall–Kier alpha value is -2.72. The van der Waals surface area contributed by atoms with Crippen molar-refractivity contribution in [1.29, 1.82) is 0 Å². The quantitative estimate of drug-likeness (QED) is 0.368. The van der Waals surface area contributed by atoms with Gasteiger partial charge in [0.05, 0.1) is 10.4 Å². The maximum absolute atomic E-state index is 13.3. The lowest BCUT2D eigenvalue weighted by Gasteiger charge is -2.08. The van der Waals surface area contributed by atoms with Gasteiger partial charge in [-0.05, 0) is 82.6 Å². The number of carboxylic acid groups (broad SMARTS) is 1. The Kier molecular flexibility index (Phi) is 5.61. The highest BCUT2D eigenvalue weighted by molar-refractivity contribution is 14.1. The highest BCUT2D eigenvalue weighted by atomic mass is 127. The molecule has 0 saturated heterocycles. The summed E-state index contributed by atoms with van der Waals surface area (Å²) >= 11 is 2.12. The van der Waals surface area contributed by atoms with Gasteiger partial charge >= 0.3 is 5.97 Å². The first-order valence-corrected chi connectivity index (χ1v) is 11.7. The first-order chi connectivity index (χ1) is 14.4. The average molecular weight is 532 g/mol. The third kappa shape index (κ3) is 3.97. The molecule has 0 amide bonds. The lowest BCUT2D eigenvalue weighted by molar-refractivity contribution is -0.136. The number of aryl methyl sites for hydroxylation is 1. The summed E-state index contributed by atoms with van der Waals surface area (Å²) < 4.78 is 28.8. The minimum atomic E-state index is -3.82. The van der Waals surface area contributed by atoms with Gasteiger partial charge in [-0.2, -0.15) is 0 Å². The number of hydrogen-bond acceptors (Lipinski definition) is 4. The number of halogens is 1. The predicted molar refractivity (Wildman–Crippen MR) is 123 cm³/mol. The van der Waals surface area contributed by atoms with Crippen LogP contribution in [0.5, 0.6) is 0 Å². The van der Waals surface area contributed by atoms with E-state index in [1.54, 1.807) is 42.7 Å². The molecule has 0 fully saturated rings. The van der Waals surface area contributed by atoms with Gasteiger partial charge in [-0.15, -0.1) is 0 Å². The zero-order valence-electron chi connectivity index (χ0n) is 15.7. The number of benzene rings is 2. The van der Waals surface area contributed by atoms with Crippen molar-refractivity contribution in [2.24, 2.45) is 0 Å². The summed E-state index contributed by atoms with van der Waals surface area (Å²) in [5, 5.41) is 9.83. The summed E-state index contributed by atoms with van der Waals surface area (Å²) in [6.45, 7) is 0. The van der Waals surface area contributed by atoms with Gasteiger partial charge in [0, 0.05) is 39.5 Å². The number of aliphatic carboxylic acids is 1. The van der Waals surface area contributed by atoms with Gasteiger partial charge in [-0.25, -0.2) is 12.4 Å². The number of hydrogen-bond donors (Lipinski definition) is 1. The molecule has 8 heteroatoms. The van der Waals surface area contributed by atoms with E-state index < -0.39 is 16.0 Å². The second kappa shape index (κ2) is 8.19. The van der Waals surface area contributed by atoms with Crippen LogP contribution < -0.4 is 0 Å². The average Bonchev–Trinajstić information content (AvgIpc) is 3.12. The van der Waals surface area contributed by atoms with Gasteiger partial charge in [0.1, 0.15) is 0 Å². The zero-order valence-corrected chi connectivity index (χ0v) is 18.7. The first-order valence-electron chi connectivity index (χ1n) is 9.13. The van der Waals surface area contributed by atoms with Crippen LogP contribution in [0, 0.1) is 3.57 Å². The molecule has 152 valence electrons. The Morgan fingerprint density at radius 3 is 2.50 bits per heavy atom. The van der Waals surface area contributed by atoms with E-state index in [1.807, 2.05) is 24.3 Å². The Balaban J connectivity index is 1.90. The van der Waals surface area contributed by atoms with E-state index in [2.05, 4.69) is 27.6 Å². The second-order valence-electron chi connectivity index (χ2n) is 6.78. The van der Waals surface area contributed by atoms with E-state index in [-0.39, 0.29) is 17.7 Å². The fourth-order valence-electron chi connectivity index (χ4n) is 3.34. The predicted octanol–water partition coefficient (Wildman–Crippen LogP) is 4.56. The van der Waals surface area contributed by atoms with Crippen LogP contribution in [0.25, 0.3) is 22.0 Å². The molecule has 2 aromatic carbocycles. The normalized spacial score (nSPS) is 11.6. The zero-order chi connectivity index (χ0) is 21.3. The molecule has 2 aromatic heterocycles. The molecule has 0 aliphatic carbocycles. The largest absolute Gasteiger partial charge is 0.481 e. The summed E-state index contributed by atoms with van der Waals surface area (Å²) in [6, 6.07) is 15.9. The molecule has 0 bridgehead atoms. The molecule has 1 N–H and O–H groups in total. The molecular weight excluding hydrogens is 515 g/mol. The molecule has 4 rings (SSSR count). The lowest BCUT2D eigenvalue weighted by atomic mass is 10.0. The Morgan fingerprint density at radius 2 is 1.83 bits per heavy atom. The van der Waals surface area contributed by atoms with Crippen molar-refractivity contribution in [1.82, 2.24) is 8.96 Å². The molecule has 0 radical (unpaired) electrons. The van der Waals surface area contributed by atoms with Crippen molar-refractivity contribution in [3.05, 3.63) is 82.3 Å². The Morgan fingerprint density at radius 1 is 1.07 bits per heavy atom. The van der Waals surface area contributed by atoms with Crippen LogP contribution in [0.15, 0.2) is 78.1 Å². The molecule has 30 heavy (non-hydrogen) atoms. The van der Waals surface area contributed by atoms with Gasteiger partial charge in [-0.1, -0.05) is 12.1 Å². The van der Waals surface area contributed by atoms with Crippen LogP contribution in [-0.4, -0.2) is 28.5 Å². The third-order valence-electron chi connectivity index (χ3n) is 4.83. The molecule has 0 aliphatic heterocycles. The van der Waals surface area contributed by atoms with E-state index in [4.69, 9.17) is 5.11 Å². The number of fused-ring (bicyclic) bond motifs is 1. The fourth-order valence-corrected chi connectivity index (χ4v) is 5.09. The summed E-state index contributed by atoms with van der Waals surface area (Å²) in [7, 11) is -3.82.